The number of fused-ring (bicyclic) bond motifs is 1. The highest BCUT2D eigenvalue weighted by molar-refractivity contribution is 9.10. The molecule has 0 atom stereocenters. The molecule has 0 radical (unpaired) electrons. The first kappa shape index (κ1) is 8.39. The van der Waals surface area contributed by atoms with Crippen LogP contribution in [0, 0.1) is 11.3 Å². The van der Waals surface area contributed by atoms with Gasteiger partial charge in [-0.1, -0.05) is 0 Å². The SMILES string of the molecule is N#Cc1cc2c(cc1Br)OCCO2. The molecule has 0 aromatic heterocycles. The summed E-state index contributed by atoms with van der Waals surface area (Å²) in [5.74, 6) is 1.34. The smallest absolute Gasteiger partial charge is 0.162 e. The Bertz CT molecular complexity index is 384. The summed E-state index contributed by atoms with van der Waals surface area (Å²) in [6.45, 7) is 1.10. The van der Waals surface area contributed by atoms with Crippen molar-refractivity contribution in [2.24, 2.45) is 0 Å². The fraction of sp³-hybridized carbons (Fsp3) is 0.222. The van der Waals surface area contributed by atoms with Gasteiger partial charge in [0.15, 0.2) is 11.5 Å². The fourth-order valence-corrected chi connectivity index (χ4v) is 1.56. The van der Waals surface area contributed by atoms with Gasteiger partial charge in [-0.3, -0.25) is 0 Å². The van der Waals surface area contributed by atoms with Crippen molar-refractivity contribution >= 4 is 15.9 Å². The molecular weight excluding hydrogens is 234 g/mol. The van der Waals surface area contributed by atoms with E-state index >= 15 is 0 Å². The Labute approximate surface area is 84.0 Å². The number of halogens is 1. The van der Waals surface area contributed by atoms with Crippen LogP contribution in [0.15, 0.2) is 16.6 Å². The highest BCUT2D eigenvalue weighted by atomic mass is 79.9. The maximum absolute atomic E-state index is 8.74. The Morgan fingerprint density at radius 1 is 1.23 bits per heavy atom. The third kappa shape index (κ3) is 1.47. The molecule has 1 aromatic rings. The van der Waals surface area contributed by atoms with Crippen molar-refractivity contribution in [2.45, 2.75) is 0 Å². The monoisotopic (exact) mass is 239 g/mol. The maximum atomic E-state index is 8.74. The van der Waals surface area contributed by atoms with Crippen LogP contribution in [-0.2, 0) is 0 Å². The van der Waals surface area contributed by atoms with Gasteiger partial charge in [0.2, 0.25) is 0 Å². The number of nitrogens with zero attached hydrogens (tertiary/aromatic N) is 1. The maximum Gasteiger partial charge on any atom is 0.162 e. The number of hydrogen-bond donors (Lipinski definition) is 0. The highest BCUT2D eigenvalue weighted by Gasteiger charge is 2.14. The number of ether oxygens (including phenoxy) is 2. The van der Waals surface area contributed by atoms with Gasteiger partial charge in [-0.05, 0) is 22.0 Å². The van der Waals surface area contributed by atoms with Gasteiger partial charge in [0, 0.05) is 10.5 Å². The van der Waals surface area contributed by atoms with Crippen molar-refractivity contribution in [3.8, 4) is 17.6 Å². The van der Waals surface area contributed by atoms with E-state index in [4.69, 9.17) is 14.7 Å². The third-order valence-corrected chi connectivity index (χ3v) is 2.41. The zero-order chi connectivity index (χ0) is 9.26. The molecule has 1 aliphatic heterocycles. The Kier molecular flexibility index (Phi) is 2.11. The van der Waals surface area contributed by atoms with E-state index in [0.29, 0.717) is 30.3 Å². The van der Waals surface area contributed by atoms with Crippen LogP contribution in [0.3, 0.4) is 0 Å². The van der Waals surface area contributed by atoms with Crippen molar-refractivity contribution in [2.75, 3.05) is 13.2 Å². The minimum Gasteiger partial charge on any atom is -0.486 e. The van der Waals surface area contributed by atoms with E-state index in [1.807, 2.05) is 0 Å². The van der Waals surface area contributed by atoms with E-state index in [1.165, 1.54) is 0 Å². The Hall–Kier alpha value is -1.21. The average Bonchev–Trinajstić information content (AvgIpc) is 2.17. The molecule has 1 aromatic carbocycles. The molecule has 0 amide bonds. The molecule has 66 valence electrons. The number of benzene rings is 1. The van der Waals surface area contributed by atoms with Crippen LogP contribution in [0.2, 0.25) is 0 Å². The zero-order valence-corrected chi connectivity index (χ0v) is 8.30. The van der Waals surface area contributed by atoms with Crippen molar-refractivity contribution in [3.63, 3.8) is 0 Å². The summed E-state index contributed by atoms with van der Waals surface area (Å²) in [6, 6.07) is 5.50. The van der Waals surface area contributed by atoms with E-state index in [1.54, 1.807) is 12.1 Å². The zero-order valence-electron chi connectivity index (χ0n) is 6.71. The normalized spacial score (nSPS) is 13.5. The van der Waals surface area contributed by atoms with Crippen LogP contribution in [0.4, 0.5) is 0 Å². The predicted octanol–water partition coefficient (Wildman–Crippen LogP) is 2.09. The summed E-state index contributed by atoms with van der Waals surface area (Å²) >= 11 is 3.28. The van der Waals surface area contributed by atoms with Gasteiger partial charge in [-0.25, -0.2) is 0 Å². The molecule has 0 bridgehead atoms. The molecule has 13 heavy (non-hydrogen) atoms. The van der Waals surface area contributed by atoms with Crippen LogP contribution in [0.1, 0.15) is 5.56 Å². The molecule has 2 rings (SSSR count). The van der Waals surface area contributed by atoms with Gasteiger partial charge in [-0.2, -0.15) is 5.26 Å². The summed E-state index contributed by atoms with van der Waals surface area (Å²) in [6.07, 6.45) is 0. The molecule has 0 N–H and O–H groups in total. The molecule has 0 saturated heterocycles. The molecule has 1 aliphatic rings. The lowest BCUT2D eigenvalue weighted by Crippen LogP contribution is -2.15. The molecule has 3 nitrogen and oxygen atoms in total. The minimum atomic E-state index is 0.541. The molecular formula is C9H6BrNO2. The summed E-state index contributed by atoms with van der Waals surface area (Å²) in [5, 5.41) is 8.74. The van der Waals surface area contributed by atoms with E-state index < -0.39 is 0 Å². The molecule has 0 unspecified atom stereocenters. The second kappa shape index (κ2) is 3.27. The Morgan fingerprint density at radius 2 is 1.85 bits per heavy atom. The van der Waals surface area contributed by atoms with Crippen molar-refractivity contribution in [3.05, 3.63) is 22.2 Å². The van der Waals surface area contributed by atoms with Crippen molar-refractivity contribution in [1.29, 1.82) is 5.26 Å². The van der Waals surface area contributed by atoms with Crippen LogP contribution in [-0.4, -0.2) is 13.2 Å². The van der Waals surface area contributed by atoms with Crippen molar-refractivity contribution < 1.29 is 9.47 Å². The lowest BCUT2D eigenvalue weighted by molar-refractivity contribution is 0.171. The Morgan fingerprint density at radius 3 is 2.46 bits per heavy atom. The van der Waals surface area contributed by atoms with E-state index in [2.05, 4.69) is 22.0 Å². The summed E-state index contributed by atoms with van der Waals surface area (Å²) in [7, 11) is 0. The van der Waals surface area contributed by atoms with Gasteiger partial charge in [0.05, 0.1) is 5.56 Å². The van der Waals surface area contributed by atoms with Crippen LogP contribution >= 0.6 is 15.9 Å². The third-order valence-electron chi connectivity index (χ3n) is 1.75. The highest BCUT2D eigenvalue weighted by Crippen LogP contribution is 2.34. The molecule has 0 saturated carbocycles. The van der Waals surface area contributed by atoms with E-state index in [0.717, 1.165) is 4.47 Å². The number of rotatable bonds is 0. The number of nitriles is 1. The van der Waals surface area contributed by atoms with Gasteiger partial charge >= 0.3 is 0 Å². The largest absolute Gasteiger partial charge is 0.486 e. The van der Waals surface area contributed by atoms with Gasteiger partial charge in [-0.15, -0.1) is 0 Å². The van der Waals surface area contributed by atoms with Crippen molar-refractivity contribution in [1.82, 2.24) is 0 Å². The van der Waals surface area contributed by atoms with Gasteiger partial charge < -0.3 is 9.47 Å². The quantitative estimate of drug-likeness (QED) is 0.697. The van der Waals surface area contributed by atoms with Crippen LogP contribution < -0.4 is 9.47 Å². The molecule has 0 fully saturated rings. The first-order valence-corrected chi connectivity index (χ1v) is 4.60. The summed E-state index contributed by atoms with van der Waals surface area (Å²) in [4.78, 5) is 0. The summed E-state index contributed by atoms with van der Waals surface area (Å²) < 4.78 is 11.4. The standard InChI is InChI=1S/C9H6BrNO2/c10-7-4-9-8(3-6(7)5-11)12-1-2-13-9/h3-4H,1-2H2. The van der Waals surface area contributed by atoms with E-state index in [-0.39, 0.29) is 0 Å². The lowest BCUT2D eigenvalue weighted by Gasteiger charge is -2.18. The van der Waals surface area contributed by atoms with Gasteiger partial charge in [0.25, 0.3) is 0 Å². The van der Waals surface area contributed by atoms with Crippen LogP contribution in [0.5, 0.6) is 11.5 Å². The van der Waals surface area contributed by atoms with E-state index in [9.17, 15) is 0 Å². The summed E-state index contributed by atoms with van der Waals surface area (Å²) in [5.41, 5.74) is 0.559. The second-order valence-electron chi connectivity index (χ2n) is 2.59. The molecule has 1 heterocycles. The molecule has 4 heteroatoms. The fourth-order valence-electron chi connectivity index (χ4n) is 1.15. The topological polar surface area (TPSA) is 42.2 Å². The Balaban J connectivity index is 2.52. The predicted molar refractivity (Wildman–Crippen MR) is 49.8 cm³/mol. The first-order chi connectivity index (χ1) is 6.31. The number of hydrogen-bond acceptors (Lipinski definition) is 3. The van der Waals surface area contributed by atoms with Crippen LogP contribution in [0.25, 0.3) is 0 Å². The second-order valence-corrected chi connectivity index (χ2v) is 3.44. The molecule has 0 aliphatic carbocycles. The molecule has 0 spiro atoms. The lowest BCUT2D eigenvalue weighted by atomic mass is 10.2. The first-order valence-electron chi connectivity index (χ1n) is 3.80. The average molecular weight is 240 g/mol. The van der Waals surface area contributed by atoms with Gasteiger partial charge in [0.1, 0.15) is 19.3 Å². The minimum absolute atomic E-state index is 0.541.